The Morgan fingerprint density at radius 1 is 1.16 bits per heavy atom. The summed E-state index contributed by atoms with van der Waals surface area (Å²) in [6.07, 6.45) is 0. The first-order valence-electron chi connectivity index (χ1n) is 5.19. The van der Waals surface area contributed by atoms with Gasteiger partial charge in [0.15, 0.2) is 0 Å². The van der Waals surface area contributed by atoms with Crippen molar-refractivity contribution in [1.82, 2.24) is 0 Å². The third kappa shape index (κ3) is 3.93. The number of carbonyl (C=O) groups excluding carboxylic acids is 1. The Labute approximate surface area is 146 Å². The zero-order valence-corrected chi connectivity index (χ0v) is 15.5. The summed E-state index contributed by atoms with van der Waals surface area (Å²) in [4.78, 5) is 12.1. The smallest absolute Gasteiger partial charge is 0.257 e. The van der Waals surface area contributed by atoms with Crippen molar-refractivity contribution in [3.8, 4) is 0 Å². The van der Waals surface area contributed by atoms with Crippen molar-refractivity contribution in [3.05, 3.63) is 59.5 Å². The summed E-state index contributed by atoms with van der Waals surface area (Å²) in [7, 11) is 0. The van der Waals surface area contributed by atoms with Gasteiger partial charge in [-0.25, -0.2) is 0 Å². The lowest BCUT2D eigenvalue weighted by Crippen LogP contribution is -2.12. The minimum atomic E-state index is -0.226. The van der Waals surface area contributed by atoms with E-state index in [1.165, 1.54) is 0 Å². The van der Waals surface area contributed by atoms with E-state index in [1.807, 2.05) is 18.2 Å². The van der Waals surface area contributed by atoms with Crippen LogP contribution in [0.15, 0.2) is 45.3 Å². The number of hydrogen-bond donors (Lipinski definition) is 1. The van der Waals surface area contributed by atoms with Crippen LogP contribution in [-0.4, -0.2) is 5.91 Å². The van der Waals surface area contributed by atoms with Gasteiger partial charge in [-0.2, -0.15) is 0 Å². The van der Waals surface area contributed by atoms with E-state index >= 15 is 0 Å². The number of halogens is 4. The van der Waals surface area contributed by atoms with E-state index in [-0.39, 0.29) is 5.91 Å². The Morgan fingerprint density at radius 3 is 2.53 bits per heavy atom. The van der Waals surface area contributed by atoms with Crippen LogP contribution >= 0.6 is 66.1 Å². The summed E-state index contributed by atoms with van der Waals surface area (Å²) in [6, 6.07) is 10.8. The molecule has 0 aliphatic carbocycles. The molecule has 0 saturated heterocycles. The van der Waals surface area contributed by atoms with Crippen molar-refractivity contribution in [3.63, 3.8) is 0 Å². The lowest BCUT2D eigenvalue weighted by Gasteiger charge is -2.08. The van der Waals surface area contributed by atoms with Crippen LogP contribution in [0.5, 0.6) is 0 Å². The Morgan fingerprint density at radius 2 is 1.89 bits per heavy atom. The molecular formula is C13H7Br2ClINO. The fraction of sp³-hybridized carbons (Fsp3) is 0. The topological polar surface area (TPSA) is 29.1 Å². The van der Waals surface area contributed by atoms with Crippen LogP contribution in [0.4, 0.5) is 5.69 Å². The van der Waals surface area contributed by atoms with Gasteiger partial charge in [-0.05, 0) is 74.9 Å². The molecule has 98 valence electrons. The maximum absolute atomic E-state index is 12.1. The minimum Gasteiger partial charge on any atom is -0.322 e. The lowest BCUT2D eigenvalue weighted by molar-refractivity contribution is 0.102. The predicted molar refractivity (Wildman–Crippen MR) is 94.0 cm³/mol. The molecule has 0 spiro atoms. The van der Waals surface area contributed by atoms with Gasteiger partial charge in [0.05, 0.1) is 10.6 Å². The van der Waals surface area contributed by atoms with Gasteiger partial charge in [-0.3, -0.25) is 4.79 Å². The molecule has 0 atom stereocenters. The van der Waals surface area contributed by atoms with E-state index < -0.39 is 0 Å². The first kappa shape index (κ1) is 15.3. The number of benzene rings is 2. The van der Waals surface area contributed by atoms with Crippen molar-refractivity contribution < 1.29 is 4.79 Å². The summed E-state index contributed by atoms with van der Waals surface area (Å²) < 4.78 is 2.86. The molecule has 0 radical (unpaired) electrons. The summed E-state index contributed by atoms with van der Waals surface area (Å²) >= 11 is 15.0. The second-order valence-corrected chi connectivity index (χ2v) is 7.05. The van der Waals surface area contributed by atoms with Gasteiger partial charge in [-0.1, -0.05) is 27.5 Å². The maximum Gasteiger partial charge on any atom is 0.257 e. The minimum absolute atomic E-state index is 0.226. The van der Waals surface area contributed by atoms with Crippen molar-refractivity contribution in [2.45, 2.75) is 0 Å². The normalized spacial score (nSPS) is 10.3. The van der Waals surface area contributed by atoms with Crippen LogP contribution in [0.2, 0.25) is 5.02 Å². The van der Waals surface area contributed by atoms with Crippen LogP contribution in [-0.2, 0) is 0 Å². The van der Waals surface area contributed by atoms with E-state index in [9.17, 15) is 4.79 Å². The molecule has 0 saturated carbocycles. The van der Waals surface area contributed by atoms with Gasteiger partial charge in [0, 0.05) is 18.2 Å². The van der Waals surface area contributed by atoms with Crippen molar-refractivity contribution in [1.29, 1.82) is 0 Å². The van der Waals surface area contributed by atoms with E-state index in [4.69, 9.17) is 11.6 Å². The number of carbonyl (C=O) groups is 1. The molecule has 2 rings (SSSR count). The Hall–Kier alpha value is -0.110. The van der Waals surface area contributed by atoms with Crippen LogP contribution in [0.3, 0.4) is 0 Å². The van der Waals surface area contributed by atoms with Gasteiger partial charge < -0.3 is 5.32 Å². The van der Waals surface area contributed by atoms with Gasteiger partial charge >= 0.3 is 0 Å². The van der Waals surface area contributed by atoms with Gasteiger partial charge in [0.1, 0.15) is 0 Å². The summed E-state index contributed by atoms with van der Waals surface area (Å²) in [5.41, 5.74) is 1.18. The highest BCUT2D eigenvalue weighted by atomic mass is 127. The monoisotopic (exact) mass is 513 g/mol. The predicted octanol–water partition coefficient (Wildman–Crippen LogP) is 5.72. The van der Waals surface area contributed by atoms with Gasteiger partial charge in [0.2, 0.25) is 0 Å². The van der Waals surface area contributed by atoms with Crippen LogP contribution in [0.1, 0.15) is 10.4 Å². The molecule has 0 heterocycles. The van der Waals surface area contributed by atoms with E-state index in [0.29, 0.717) is 10.6 Å². The molecule has 1 N–H and O–H groups in total. The standard InChI is InChI=1S/C13H7Br2ClINO/c14-7-1-3-9(11(16)5-7)13(19)18-8-2-4-10(15)12(17)6-8/h1-6H,(H,18,19). The summed E-state index contributed by atoms with van der Waals surface area (Å²) in [6.45, 7) is 0. The molecule has 0 bridgehead atoms. The molecule has 0 fully saturated rings. The van der Waals surface area contributed by atoms with E-state index in [2.05, 4.69) is 59.8 Å². The van der Waals surface area contributed by atoms with Crippen molar-refractivity contribution >= 4 is 77.6 Å². The quantitative estimate of drug-likeness (QED) is 0.510. The zero-order valence-electron chi connectivity index (χ0n) is 9.38. The highest BCUT2D eigenvalue weighted by molar-refractivity contribution is 14.1. The number of hydrogen-bond acceptors (Lipinski definition) is 1. The molecule has 0 aromatic heterocycles. The number of nitrogens with one attached hydrogen (secondary N) is 1. The van der Waals surface area contributed by atoms with E-state index in [0.717, 1.165) is 18.2 Å². The SMILES string of the molecule is O=C(Nc1ccc(Br)c(I)c1)c1ccc(Br)cc1Cl. The third-order valence-corrected chi connectivity index (χ3v) is 5.48. The molecule has 0 aliphatic heterocycles. The largest absolute Gasteiger partial charge is 0.322 e. The molecule has 2 aromatic rings. The lowest BCUT2D eigenvalue weighted by atomic mass is 10.2. The highest BCUT2D eigenvalue weighted by Crippen LogP contribution is 2.25. The molecule has 2 aromatic carbocycles. The number of amides is 1. The first-order chi connectivity index (χ1) is 8.97. The molecule has 1 amide bonds. The Balaban J connectivity index is 2.23. The Bertz CT molecular complexity index is 649. The second kappa shape index (κ2) is 6.56. The average Bonchev–Trinajstić information content (AvgIpc) is 2.33. The van der Waals surface area contributed by atoms with Crippen molar-refractivity contribution in [2.75, 3.05) is 5.32 Å². The summed E-state index contributed by atoms with van der Waals surface area (Å²) in [5.74, 6) is -0.226. The molecule has 0 aliphatic rings. The van der Waals surface area contributed by atoms with Crippen LogP contribution in [0, 0.1) is 3.57 Å². The fourth-order valence-corrected chi connectivity index (χ4v) is 2.97. The van der Waals surface area contributed by atoms with E-state index in [1.54, 1.807) is 18.2 Å². The fourth-order valence-electron chi connectivity index (χ4n) is 1.45. The molecular weight excluding hydrogens is 508 g/mol. The first-order valence-corrected chi connectivity index (χ1v) is 8.23. The highest BCUT2D eigenvalue weighted by Gasteiger charge is 2.11. The van der Waals surface area contributed by atoms with Crippen molar-refractivity contribution in [2.24, 2.45) is 0 Å². The number of rotatable bonds is 2. The third-order valence-electron chi connectivity index (χ3n) is 2.35. The summed E-state index contributed by atoms with van der Waals surface area (Å²) in [5, 5.41) is 3.24. The number of anilines is 1. The van der Waals surface area contributed by atoms with Gasteiger partial charge in [-0.15, -0.1) is 0 Å². The molecule has 0 unspecified atom stereocenters. The average molecular weight is 515 g/mol. The maximum atomic E-state index is 12.1. The van der Waals surface area contributed by atoms with Gasteiger partial charge in [0.25, 0.3) is 5.91 Å². The van der Waals surface area contributed by atoms with Crippen LogP contribution in [0.25, 0.3) is 0 Å². The molecule has 2 nitrogen and oxygen atoms in total. The molecule has 19 heavy (non-hydrogen) atoms. The van der Waals surface area contributed by atoms with Crippen LogP contribution < -0.4 is 5.32 Å². The zero-order chi connectivity index (χ0) is 14.0. The Kier molecular flexibility index (Phi) is 5.28. The second-order valence-electron chi connectivity index (χ2n) is 3.71. The molecule has 6 heteroatoms.